The molecule has 4 nitrogen and oxygen atoms in total. The first-order valence-corrected chi connectivity index (χ1v) is 10.2. The monoisotopic (exact) mass is 351 g/mol. The second kappa shape index (κ2) is 7.31. The number of hydrogen-bond donors (Lipinski definition) is 1. The van der Waals surface area contributed by atoms with Gasteiger partial charge in [0.25, 0.3) is 0 Å². The van der Waals surface area contributed by atoms with Crippen molar-refractivity contribution < 1.29 is 4.79 Å². The summed E-state index contributed by atoms with van der Waals surface area (Å²) in [7, 11) is 0. The lowest BCUT2D eigenvalue weighted by molar-refractivity contribution is 0.150. The Balaban J connectivity index is 1.41. The van der Waals surface area contributed by atoms with Crippen LogP contribution in [0.15, 0.2) is 24.3 Å². The molecule has 4 heteroatoms. The van der Waals surface area contributed by atoms with E-state index in [1.807, 2.05) is 4.90 Å². The fourth-order valence-electron chi connectivity index (χ4n) is 5.44. The van der Waals surface area contributed by atoms with E-state index in [2.05, 4.69) is 35.7 Å². The SMILES string of the molecule is N#CCC1CC2(CCN(C(=O)NC3CCCCC3)CC2)c2ccccc21. The van der Waals surface area contributed by atoms with Crippen LogP contribution in [0.2, 0.25) is 0 Å². The molecule has 1 N–H and O–H groups in total. The Hall–Kier alpha value is -2.02. The fourth-order valence-corrected chi connectivity index (χ4v) is 5.44. The van der Waals surface area contributed by atoms with Crippen molar-refractivity contribution in [2.24, 2.45) is 0 Å². The van der Waals surface area contributed by atoms with Crippen LogP contribution in [0.1, 0.15) is 74.8 Å². The first-order valence-electron chi connectivity index (χ1n) is 10.2. The molecule has 1 heterocycles. The summed E-state index contributed by atoms with van der Waals surface area (Å²) < 4.78 is 0. The third kappa shape index (κ3) is 3.20. The quantitative estimate of drug-likeness (QED) is 0.855. The van der Waals surface area contributed by atoms with Crippen molar-refractivity contribution in [1.29, 1.82) is 5.26 Å². The number of nitrogens with one attached hydrogen (secondary N) is 1. The summed E-state index contributed by atoms with van der Waals surface area (Å²) in [6.07, 6.45) is 9.76. The molecule has 0 aromatic heterocycles. The van der Waals surface area contributed by atoms with Crippen molar-refractivity contribution >= 4 is 6.03 Å². The predicted octanol–water partition coefficient (Wildman–Crippen LogP) is 4.46. The van der Waals surface area contributed by atoms with Crippen LogP contribution in [-0.2, 0) is 5.41 Å². The summed E-state index contributed by atoms with van der Waals surface area (Å²) in [5, 5.41) is 12.5. The fraction of sp³-hybridized carbons (Fsp3) is 0.636. The highest BCUT2D eigenvalue weighted by atomic mass is 16.2. The van der Waals surface area contributed by atoms with E-state index in [1.54, 1.807) is 0 Å². The van der Waals surface area contributed by atoms with Crippen molar-refractivity contribution in [3.63, 3.8) is 0 Å². The molecule has 4 rings (SSSR count). The molecule has 2 fully saturated rings. The maximum Gasteiger partial charge on any atom is 0.317 e. The number of nitrogens with zero attached hydrogens (tertiary/aromatic N) is 2. The third-order valence-electron chi connectivity index (χ3n) is 6.89. The van der Waals surface area contributed by atoms with Gasteiger partial charge in [-0.25, -0.2) is 4.79 Å². The van der Waals surface area contributed by atoms with Gasteiger partial charge in [-0.1, -0.05) is 43.5 Å². The first-order chi connectivity index (χ1) is 12.7. The number of urea groups is 1. The van der Waals surface area contributed by atoms with E-state index >= 15 is 0 Å². The zero-order chi connectivity index (χ0) is 18.0. The van der Waals surface area contributed by atoms with Gasteiger partial charge in [0.05, 0.1) is 6.07 Å². The summed E-state index contributed by atoms with van der Waals surface area (Å²) in [6, 6.07) is 11.5. The van der Waals surface area contributed by atoms with Crippen LogP contribution >= 0.6 is 0 Å². The molecule has 2 aliphatic carbocycles. The molecule has 26 heavy (non-hydrogen) atoms. The summed E-state index contributed by atoms with van der Waals surface area (Å²) in [4.78, 5) is 14.7. The molecule has 1 aromatic carbocycles. The highest BCUT2D eigenvalue weighted by molar-refractivity contribution is 5.74. The molecule has 1 aliphatic heterocycles. The topological polar surface area (TPSA) is 56.1 Å². The molecular formula is C22H29N3O. The van der Waals surface area contributed by atoms with Gasteiger partial charge in [0.15, 0.2) is 0 Å². The number of amides is 2. The molecule has 1 saturated carbocycles. The third-order valence-corrected chi connectivity index (χ3v) is 6.89. The molecule has 1 unspecified atom stereocenters. The summed E-state index contributed by atoms with van der Waals surface area (Å²) in [5.41, 5.74) is 2.97. The zero-order valence-electron chi connectivity index (χ0n) is 15.5. The van der Waals surface area contributed by atoms with E-state index in [0.29, 0.717) is 18.4 Å². The molecule has 1 atom stereocenters. The standard InChI is InChI=1S/C22H29N3O/c23-13-10-17-16-22(20-9-5-4-8-19(17)20)11-14-25(15-12-22)21(26)24-18-6-2-1-3-7-18/h4-5,8-9,17-18H,1-3,6-7,10-12,14-16H2,(H,24,26). The smallest absolute Gasteiger partial charge is 0.317 e. The average molecular weight is 351 g/mol. The Kier molecular flexibility index (Phi) is 4.89. The molecule has 2 amide bonds. The van der Waals surface area contributed by atoms with Crippen LogP contribution in [0.4, 0.5) is 4.79 Å². The van der Waals surface area contributed by atoms with E-state index in [4.69, 9.17) is 0 Å². The van der Waals surface area contributed by atoms with Crippen LogP contribution in [0, 0.1) is 11.3 Å². The van der Waals surface area contributed by atoms with Gasteiger partial charge in [0.2, 0.25) is 0 Å². The van der Waals surface area contributed by atoms with Crippen molar-refractivity contribution in [1.82, 2.24) is 10.2 Å². The average Bonchev–Trinajstić information content (AvgIpc) is 2.97. The molecule has 1 spiro atoms. The Bertz CT molecular complexity index is 694. The number of carbonyl (C=O) groups is 1. The molecular weight excluding hydrogens is 322 g/mol. The first kappa shape index (κ1) is 17.4. The summed E-state index contributed by atoms with van der Waals surface area (Å²) >= 11 is 0. The molecule has 0 bridgehead atoms. The lowest BCUT2D eigenvalue weighted by Gasteiger charge is -2.41. The van der Waals surface area contributed by atoms with Gasteiger partial charge in [-0.3, -0.25) is 0 Å². The van der Waals surface area contributed by atoms with E-state index < -0.39 is 0 Å². The van der Waals surface area contributed by atoms with Gasteiger partial charge in [0, 0.05) is 25.6 Å². The maximum absolute atomic E-state index is 12.7. The highest BCUT2D eigenvalue weighted by Crippen LogP contribution is 2.52. The second-order valence-corrected chi connectivity index (χ2v) is 8.40. The number of rotatable bonds is 2. The molecule has 1 aromatic rings. The minimum Gasteiger partial charge on any atom is -0.335 e. The van der Waals surface area contributed by atoms with Crippen LogP contribution in [0.3, 0.4) is 0 Å². The van der Waals surface area contributed by atoms with Crippen LogP contribution in [0.5, 0.6) is 0 Å². The Labute approximate surface area is 156 Å². The number of fused-ring (bicyclic) bond motifs is 2. The predicted molar refractivity (Wildman–Crippen MR) is 102 cm³/mol. The van der Waals surface area contributed by atoms with E-state index in [0.717, 1.165) is 45.2 Å². The normalized spacial score (nSPS) is 24.9. The van der Waals surface area contributed by atoms with Crippen molar-refractivity contribution in [3.05, 3.63) is 35.4 Å². The summed E-state index contributed by atoms with van der Waals surface area (Å²) in [5.74, 6) is 0.360. The number of likely N-dealkylation sites (tertiary alicyclic amines) is 1. The number of piperidine rings is 1. The molecule has 138 valence electrons. The lowest BCUT2D eigenvalue weighted by atomic mass is 9.73. The van der Waals surface area contributed by atoms with E-state index in [9.17, 15) is 10.1 Å². The molecule has 3 aliphatic rings. The van der Waals surface area contributed by atoms with Gasteiger partial charge < -0.3 is 10.2 Å². The second-order valence-electron chi connectivity index (χ2n) is 8.40. The minimum absolute atomic E-state index is 0.131. The van der Waals surface area contributed by atoms with Crippen LogP contribution in [-0.4, -0.2) is 30.1 Å². The highest BCUT2D eigenvalue weighted by Gasteiger charge is 2.45. The van der Waals surface area contributed by atoms with E-state index in [-0.39, 0.29) is 11.4 Å². The Morgan fingerprint density at radius 2 is 1.92 bits per heavy atom. The number of carbonyl (C=O) groups excluding carboxylic acids is 1. The van der Waals surface area contributed by atoms with Gasteiger partial charge in [0.1, 0.15) is 0 Å². The Morgan fingerprint density at radius 3 is 2.65 bits per heavy atom. The van der Waals surface area contributed by atoms with Gasteiger partial charge in [-0.05, 0) is 54.6 Å². The van der Waals surface area contributed by atoms with Gasteiger partial charge in [-0.15, -0.1) is 0 Å². The zero-order valence-corrected chi connectivity index (χ0v) is 15.5. The minimum atomic E-state index is 0.131. The number of nitriles is 1. The van der Waals surface area contributed by atoms with Gasteiger partial charge >= 0.3 is 6.03 Å². The molecule has 1 saturated heterocycles. The largest absolute Gasteiger partial charge is 0.335 e. The van der Waals surface area contributed by atoms with Gasteiger partial charge in [-0.2, -0.15) is 5.26 Å². The van der Waals surface area contributed by atoms with Crippen molar-refractivity contribution in [3.8, 4) is 6.07 Å². The van der Waals surface area contributed by atoms with Crippen LogP contribution < -0.4 is 5.32 Å². The summed E-state index contributed by atoms with van der Waals surface area (Å²) in [6.45, 7) is 1.65. The van der Waals surface area contributed by atoms with Crippen molar-refractivity contribution in [2.75, 3.05) is 13.1 Å². The number of hydrogen-bond acceptors (Lipinski definition) is 2. The Morgan fingerprint density at radius 1 is 1.19 bits per heavy atom. The van der Waals surface area contributed by atoms with E-state index in [1.165, 1.54) is 30.4 Å². The number of benzene rings is 1. The lowest BCUT2D eigenvalue weighted by Crippen LogP contribution is -2.50. The molecule has 0 radical (unpaired) electrons. The maximum atomic E-state index is 12.7. The van der Waals surface area contributed by atoms with Crippen LogP contribution in [0.25, 0.3) is 0 Å². The van der Waals surface area contributed by atoms with Crippen molar-refractivity contribution in [2.45, 2.75) is 75.2 Å².